The van der Waals surface area contributed by atoms with E-state index in [2.05, 4.69) is 9.97 Å². The van der Waals surface area contributed by atoms with Crippen molar-refractivity contribution in [3.63, 3.8) is 0 Å². The molecule has 0 spiro atoms. The Labute approximate surface area is 178 Å². The smallest absolute Gasteiger partial charge is 0.338 e. The standard InChI is InChI=1S/C22H23ClN2O5/c1-4-9-29-20-16(23)10-14(11-17(20)28-5-2)22(27)30-12-18-24-19-13(3)7-6-8-15(19)21(26)25-18/h6-8,10-11H,4-5,9,12H2,1-3H3,(H,24,25,26). The molecule has 2 aromatic carbocycles. The maximum absolute atomic E-state index is 12.6. The lowest BCUT2D eigenvalue weighted by molar-refractivity contribution is 0.0461. The molecular formula is C22H23ClN2O5. The highest BCUT2D eigenvalue weighted by Crippen LogP contribution is 2.37. The summed E-state index contributed by atoms with van der Waals surface area (Å²) in [5.74, 6) is 0.410. The molecule has 0 amide bonds. The summed E-state index contributed by atoms with van der Waals surface area (Å²) < 4.78 is 16.5. The zero-order chi connectivity index (χ0) is 21.7. The molecule has 3 aromatic rings. The highest BCUT2D eigenvalue weighted by molar-refractivity contribution is 6.32. The van der Waals surface area contributed by atoms with Gasteiger partial charge in [0.15, 0.2) is 11.5 Å². The number of aryl methyl sites for hydroxylation is 1. The second-order valence-electron chi connectivity index (χ2n) is 6.63. The first kappa shape index (κ1) is 21.6. The van der Waals surface area contributed by atoms with Crippen LogP contribution in [0.3, 0.4) is 0 Å². The number of nitrogens with one attached hydrogen (secondary N) is 1. The van der Waals surface area contributed by atoms with Gasteiger partial charge in [-0.15, -0.1) is 0 Å². The molecule has 0 atom stereocenters. The van der Waals surface area contributed by atoms with E-state index in [0.29, 0.717) is 35.6 Å². The van der Waals surface area contributed by atoms with E-state index in [9.17, 15) is 9.59 Å². The SMILES string of the molecule is CCCOc1c(Cl)cc(C(=O)OCc2nc3c(C)cccc3c(=O)[nH]2)cc1OCC. The summed E-state index contributed by atoms with van der Waals surface area (Å²) >= 11 is 6.30. The van der Waals surface area contributed by atoms with Gasteiger partial charge in [0.1, 0.15) is 12.4 Å². The molecule has 0 aliphatic carbocycles. The number of hydrogen-bond acceptors (Lipinski definition) is 6. The number of halogens is 1. The summed E-state index contributed by atoms with van der Waals surface area (Å²) in [4.78, 5) is 31.9. The third kappa shape index (κ3) is 4.74. The Morgan fingerprint density at radius 2 is 2.00 bits per heavy atom. The fraction of sp³-hybridized carbons (Fsp3) is 0.318. The first-order chi connectivity index (χ1) is 14.4. The van der Waals surface area contributed by atoms with Crippen molar-refractivity contribution in [3.8, 4) is 11.5 Å². The molecule has 0 unspecified atom stereocenters. The molecular weight excluding hydrogens is 408 g/mol. The van der Waals surface area contributed by atoms with Crippen LogP contribution in [0.25, 0.3) is 10.9 Å². The molecule has 30 heavy (non-hydrogen) atoms. The highest BCUT2D eigenvalue weighted by atomic mass is 35.5. The number of fused-ring (bicyclic) bond motifs is 1. The first-order valence-corrected chi connectivity index (χ1v) is 10.1. The summed E-state index contributed by atoms with van der Waals surface area (Å²) in [5, 5.41) is 0.745. The van der Waals surface area contributed by atoms with Crippen LogP contribution in [0, 0.1) is 6.92 Å². The Kier molecular flexibility index (Phi) is 6.95. The van der Waals surface area contributed by atoms with E-state index in [1.165, 1.54) is 12.1 Å². The quantitative estimate of drug-likeness (QED) is 0.531. The normalized spacial score (nSPS) is 10.8. The van der Waals surface area contributed by atoms with Crippen LogP contribution in [0.4, 0.5) is 0 Å². The van der Waals surface area contributed by atoms with Crippen LogP contribution in [0.15, 0.2) is 35.1 Å². The van der Waals surface area contributed by atoms with Crippen molar-refractivity contribution in [1.29, 1.82) is 0 Å². The number of nitrogens with zero attached hydrogens (tertiary/aromatic N) is 1. The van der Waals surface area contributed by atoms with E-state index in [1.807, 2.05) is 26.8 Å². The molecule has 0 radical (unpaired) electrons. The molecule has 0 saturated carbocycles. The van der Waals surface area contributed by atoms with Crippen molar-refractivity contribution in [2.24, 2.45) is 0 Å². The average Bonchev–Trinajstić information content (AvgIpc) is 2.72. The number of benzene rings is 2. The van der Waals surface area contributed by atoms with Gasteiger partial charge in [-0.05, 0) is 44.0 Å². The van der Waals surface area contributed by atoms with Crippen molar-refractivity contribution in [2.75, 3.05) is 13.2 Å². The van der Waals surface area contributed by atoms with Crippen LogP contribution >= 0.6 is 11.6 Å². The Bertz CT molecular complexity index is 1130. The van der Waals surface area contributed by atoms with E-state index in [-0.39, 0.29) is 28.6 Å². The van der Waals surface area contributed by atoms with E-state index in [0.717, 1.165) is 12.0 Å². The summed E-state index contributed by atoms with van der Waals surface area (Å²) in [6, 6.07) is 8.36. The predicted octanol–water partition coefficient (Wildman–Crippen LogP) is 4.43. The van der Waals surface area contributed by atoms with Gasteiger partial charge in [-0.3, -0.25) is 4.79 Å². The summed E-state index contributed by atoms with van der Waals surface area (Å²) in [6.45, 7) is 6.35. The van der Waals surface area contributed by atoms with Gasteiger partial charge in [-0.25, -0.2) is 9.78 Å². The summed E-state index contributed by atoms with van der Waals surface area (Å²) in [5.41, 5.74) is 1.37. The number of H-pyrrole nitrogens is 1. The Morgan fingerprint density at radius 3 is 2.73 bits per heavy atom. The van der Waals surface area contributed by atoms with Crippen molar-refractivity contribution in [1.82, 2.24) is 9.97 Å². The lowest BCUT2D eigenvalue weighted by Crippen LogP contribution is -2.15. The molecule has 7 nitrogen and oxygen atoms in total. The van der Waals surface area contributed by atoms with E-state index in [1.54, 1.807) is 12.1 Å². The molecule has 0 saturated heterocycles. The van der Waals surface area contributed by atoms with Crippen LogP contribution in [0.1, 0.15) is 42.0 Å². The largest absolute Gasteiger partial charge is 0.490 e. The Balaban J connectivity index is 1.81. The molecule has 8 heteroatoms. The Hall–Kier alpha value is -3.06. The van der Waals surface area contributed by atoms with Gasteiger partial charge in [-0.2, -0.15) is 0 Å². The molecule has 0 fully saturated rings. The van der Waals surface area contributed by atoms with E-state index < -0.39 is 5.97 Å². The molecule has 1 heterocycles. The van der Waals surface area contributed by atoms with Crippen molar-refractivity contribution < 1.29 is 19.0 Å². The van der Waals surface area contributed by atoms with Gasteiger partial charge in [0.2, 0.25) is 0 Å². The minimum atomic E-state index is -0.618. The number of carbonyl (C=O) groups is 1. The number of esters is 1. The molecule has 158 valence electrons. The van der Waals surface area contributed by atoms with Gasteiger partial charge < -0.3 is 19.2 Å². The van der Waals surface area contributed by atoms with Crippen LogP contribution in [0.5, 0.6) is 11.5 Å². The van der Waals surface area contributed by atoms with Gasteiger partial charge in [0.25, 0.3) is 5.56 Å². The van der Waals surface area contributed by atoms with Gasteiger partial charge >= 0.3 is 5.97 Å². The molecule has 0 aliphatic rings. The highest BCUT2D eigenvalue weighted by Gasteiger charge is 2.18. The van der Waals surface area contributed by atoms with E-state index in [4.69, 9.17) is 25.8 Å². The molecule has 0 bridgehead atoms. The number of ether oxygens (including phenoxy) is 3. The number of aromatic amines is 1. The van der Waals surface area contributed by atoms with Crippen LogP contribution < -0.4 is 15.0 Å². The minimum Gasteiger partial charge on any atom is -0.490 e. The maximum Gasteiger partial charge on any atom is 0.338 e. The summed E-state index contributed by atoms with van der Waals surface area (Å²) in [7, 11) is 0. The topological polar surface area (TPSA) is 90.5 Å². The number of carbonyl (C=O) groups excluding carboxylic acids is 1. The maximum atomic E-state index is 12.6. The fourth-order valence-corrected chi connectivity index (χ4v) is 3.20. The average molecular weight is 431 g/mol. The second kappa shape index (κ2) is 9.63. The molecule has 3 rings (SSSR count). The van der Waals surface area contributed by atoms with Crippen molar-refractivity contribution >= 4 is 28.5 Å². The lowest BCUT2D eigenvalue weighted by atomic mass is 10.1. The number of aromatic nitrogens is 2. The third-order valence-electron chi connectivity index (χ3n) is 4.32. The first-order valence-electron chi connectivity index (χ1n) is 9.69. The van der Waals surface area contributed by atoms with Crippen molar-refractivity contribution in [3.05, 3.63) is 62.7 Å². The van der Waals surface area contributed by atoms with E-state index >= 15 is 0 Å². The zero-order valence-electron chi connectivity index (χ0n) is 17.1. The van der Waals surface area contributed by atoms with Gasteiger partial charge in [0.05, 0.1) is 34.7 Å². The minimum absolute atomic E-state index is 0.186. The number of rotatable bonds is 8. The van der Waals surface area contributed by atoms with Gasteiger partial charge in [0, 0.05) is 0 Å². The van der Waals surface area contributed by atoms with Crippen LogP contribution in [-0.2, 0) is 11.3 Å². The van der Waals surface area contributed by atoms with Gasteiger partial charge in [-0.1, -0.05) is 30.7 Å². The lowest BCUT2D eigenvalue weighted by Gasteiger charge is -2.14. The predicted molar refractivity (Wildman–Crippen MR) is 115 cm³/mol. The number of hydrogen-bond donors (Lipinski definition) is 1. The number of para-hydroxylation sites is 1. The summed E-state index contributed by atoms with van der Waals surface area (Å²) in [6.07, 6.45) is 0.808. The second-order valence-corrected chi connectivity index (χ2v) is 7.03. The fourth-order valence-electron chi connectivity index (χ4n) is 2.93. The Morgan fingerprint density at radius 1 is 1.20 bits per heavy atom. The third-order valence-corrected chi connectivity index (χ3v) is 4.60. The van der Waals surface area contributed by atoms with Crippen molar-refractivity contribution in [2.45, 2.75) is 33.8 Å². The molecule has 1 aromatic heterocycles. The van der Waals surface area contributed by atoms with Crippen LogP contribution in [-0.4, -0.2) is 29.2 Å². The van der Waals surface area contributed by atoms with Crippen LogP contribution in [0.2, 0.25) is 5.02 Å². The zero-order valence-corrected chi connectivity index (χ0v) is 17.8. The molecule has 0 aliphatic heterocycles. The monoisotopic (exact) mass is 430 g/mol. The molecule has 1 N–H and O–H groups in total.